The van der Waals surface area contributed by atoms with Crippen molar-refractivity contribution in [3.05, 3.63) is 57.3 Å². The predicted molar refractivity (Wildman–Crippen MR) is 75.1 cm³/mol. The molecule has 1 amide bonds. The van der Waals surface area contributed by atoms with Gasteiger partial charge in [-0.3, -0.25) is 4.79 Å². The number of amides is 1. The molecule has 21 heavy (non-hydrogen) atoms. The Balaban J connectivity index is 2.32. The first-order chi connectivity index (χ1) is 9.79. The van der Waals surface area contributed by atoms with Crippen molar-refractivity contribution in [2.45, 2.75) is 0 Å². The van der Waals surface area contributed by atoms with Gasteiger partial charge in [0.25, 0.3) is 5.91 Å². The molecule has 0 saturated carbocycles. The van der Waals surface area contributed by atoms with Gasteiger partial charge in [-0.15, -0.1) is 0 Å². The molecule has 110 valence electrons. The van der Waals surface area contributed by atoms with Gasteiger partial charge in [-0.05, 0) is 12.1 Å². The molecule has 0 aliphatic heterocycles. The number of halogens is 5. The van der Waals surface area contributed by atoms with E-state index in [0.29, 0.717) is 12.1 Å². The fourth-order valence-corrected chi connectivity index (χ4v) is 1.89. The number of nitrogens with two attached hydrogens (primary N) is 1. The summed E-state index contributed by atoms with van der Waals surface area (Å²) in [4.78, 5) is 11.9. The summed E-state index contributed by atoms with van der Waals surface area (Å²) in [6, 6.07) is 3.30. The number of nitrogens with one attached hydrogen (secondary N) is 1. The van der Waals surface area contributed by atoms with Gasteiger partial charge in [-0.1, -0.05) is 23.2 Å². The molecule has 0 bridgehead atoms. The standard InChI is InChI=1S/C13H7Cl2F3N2O/c14-6-1-5(2-10(19)12(6)15)13(21)20-11-4-8(17)7(16)3-9(11)18/h1-4H,19H2,(H,20,21). The van der Waals surface area contributed by atoms with Gasteiger partial charge in [0.05, 0.1) is 21.4 Å². The first-order valence-electron chi connectivity index (χ1n) is 5.50. The van der Waals surface area contributed by atoms with Crippen molar-refractivity contribution >= 4 is 40.5 Å². The highest BCUT2D eigenvalue weighted by atomic mass is 35.5. The van der Waals surface area contributed by atoms with E-state index in [1.807, 2.05) is 0 Å². The van der Waals surface area contributed by atoms with Gasteiger partial charge < -0.3 is 11.1 Å². The predicted octanol–water partition coefficient (Wildman–Crippen LogP) is 4.25. The zero-order valence-electron chi connectivity index (χ0n) is 10.2. The van der Waals surface area contributed by atoms with Gasteiger partial charge in [-0.2, -0.15) is 0 Å². The van der Waals surface area contributed by atoms with Crippen LogP contribution in [0.25, 0.3) is 0 Å². The van der Waals surface area contributed by atoms with Gasteiger partial charge in [0.2, 0.25) is 0 Å². The van der Waals surface area contributed by atoms with Crippen LogP contribution in [-0.4, -0.2) is 5.91 Å². The first kappa shape index (κ1) is 15.5. The molecule has 0 unspecified atom stereocenters. The highest BCUT2D eigenvalue weighted by Crippen LogP contribution is 2.30. The fraction of sp³-hybridized carbons (Fsp3) is 0. The monoisotopic (exact) mass is 334 g/mol. The Morgan fingerprint density at radius 3 is 2.24 bits per heavy atom. The molecule has 3 N–H and O–H groups in total. The Labute approximate surface area is 127 Å². The Bertz CT molecular complexity index is 715. The molecular formula is C13H7Cl2F3N2O. The number of nitrogen functional groups attached to an aromatic ring is 1. The topological polar surface area (TPSA) is 55.1 Å². The maximum Gasteiger partial charge on any atom is 0.255 e. The smallest absolute Gasteiger partial charge is 0.255 e. The second kappa shape index (κ2) is 5.83. The van der Waals surface area contributed by atoms with Crippen LogP contribution in [0.3, 0.4) is 0 Å². The maximum atomic E-state index is 13.4. The van der Waals surface area contributed by atoms with Crippen molar-refractivity contribution in [1.29, 1.82) is 0 Å². The second-order valence-electron chi connectivity index (χ2n) is 4.06. The fourth-order valence-electron chi connectivity index (χ4n) is 1.55. The number of hydrogen-bond donors (Lipinski definition) is 2. The summed E-state index contributed by atoms with van der Waals surface area (Å²) >= 11 is 11.5. The zero-order chi connectivity index (χ0) is 15.7. The normalized spacial score (nSPS) is 10.5. The lowest BCUT2D eigenvalue weighted by atomic mass is 10.1. The SMILES string of the molecule is Nc1cc(C(=O)Nc2cc(F)c(F)cc2F)cc(Cl)c1Cl. The summed E-state index contributed by atoms with van der Waals surface area (Å²) in [6.07, 6.45) is 0. The molecule has 0 aliphatic carbocycles. The van der Waals surface area contributed by atoms with Crippen LogP contribution in [0.4, 0.5) is 24.5 Å². The van der Waals surface area contributed by atoms with E-state index in [-0.39, 0.29) is 21.3 Å². The Morgan fingerprint density at radius 1 is 1.00 bits per heavy atom. The van der Waals surface area contributed by atoms with Crippen LogP contribution in [0.1, 0.15) is 10.4 Å². The number of anilines is 2. The van der Waals surface area contributed by atoms with Crippen LogP contribution in [0.5, 0.6) is 0 Å². The average molecular weight is 335 g/mol. The molecule has 0 aromatic heterocycles. The van der Waals surface area contributed by atoms with E-state index >= 15 is 0 Å². The van der Waals surface area contributed by atoms with E-state index in [1.54, 1.807) is 0 Å². The van der Waals surface area contributed by atoms with Crippen LogP contribution in [0.15, 0.2) is 24.3 Å². The first-order valence-corrected chi connectivity index (χ1v) is 6.25. The lowest BCUT2D eigenvalue weighted by molar-refractivity contribution is 0.102. The molecule has 0 radical (unpaired) electrons. The molecule has 2 aromatic carbocycles. The van der Waals surface area contributed by atoms with Crippen molar-refractivity contribution in [2.24, 2.45) is 0 Å². The van der Waals surface area contributed by atoms with Crippen molar-refractivity contribution in [1.82, 2.24) is 0 Å². The van der Waals surface area contributed by atoms with Crippen molar-refractivity contribution in [2.75, 3.05) is 11.1 Å². The number of carbonyl (C=O) groups is 1. The number of benzene rings is 2. The van der Waals surface area contributed by atoms with E-state index < -0.39 is 29.0 Å². The molecule has 0 saturated heterocycles. The van der Waals surface area contributed by atoms with Gasteiger partial charge in [0.1, 0.15) is 5.82 Å². The highest BCUT2D eigenvalue weighted by Gasteiger charge is 2.15. The third-order valence-electron chi connectivity index (χ3n) is 2.58. The van der Waals surface area contributed by atoms with Crippen LogP contribution in [0.2, 0.25) is 10.0 Å². The van der Waals surface area contributed by atoms with Crippen LogP contribution < -0.4 is 11.1 Å². The third kappa shape index (κ3) is 3.22. The van der Waals surface area contributed by atoms with Crippen LogP contribution >= 0.6 is 23.2 Å². The Morgan fingerprint density at radius 2 is 1.62 bits per heavy atom. The van der Waals surface area contributed by atoms with Crippen molar-refractivity contribution < 1.29 is 18.0 Å². The quantitative estimate of drug-likeness (QED) is 0.637. The second-order valence-corrected chi connectivity index (χ2v) is 4.85. The van der Waals surface area contributed by atoms with E-state index in [9.17, 15) is 18.0 Å². The Kier molecular flexibility index (Phi) is 4.29. The summed E-state index contributed by atoms with van der Waals surface area (Å²) < 4.78 is 39.3. The summed E-state index contributed by atoms with van der Waals surface area (Å²) in [5.74, 6) is -4.56. The van der Waals surface area contributed by atoms with Crippen LogP contribution in [0, 0.1) is 17.5 Å². The lowest BCUT2D eigenvalue weighted by Crippen LogP contribution is -2.14. The summed E-state index contributed by atoms with van der Waals surface area (Å²) in [7, 11) is 0. The van der Waals surface area contributed by atoms with Gasteiger partial charge >= 0.3 is 0 Å². The Hall–Kier alpha value is -1.92. The third-order valence-corrected chi connectivity index (χ3v) is 3.39. The van der Waals surface area contributed by atoms with Crippen LogP contribution in [-0.2, 0) is 0 Å². The van der Waals surface area contributed by atoms with E-state index in [4.69, 9.17) is 28.9 Å². The van der Waals surface area contributed by atoms with E-state index in [0.717, 1.165) is 0 Å². The molecule has 0 atom stereocenters. The summed E-state index contributed by atoms with van der Waals surface area (Å²) in [6.45, 7) is 0. The minimum atomic E-state index is -1.36. The molecule has 3 nitrogen and oxygen atoms in total. The minimum absolute atomic E-state index is 0.00830. The summed E-state index contributed by atoms with van der Waals surface area (Å²) in [5, 5.41) is 2.20. The largest absolute Gasteiger partial charge is 0.397 e. The lowest BCUT2D eigenvalue weighted by Gasteiger charge is -2.09. The van der Waals surface area contributed by atoms with Crippen molar-refractivity contribution in [3.63, 3.8) is 0 Å². The molecular weight excluding hydrogens is 328 g/mol. The van der Waals surface area contributed by atoms with E-state index in [1.165, 1.54) is 12.1 Å². The number of carbonyl (C=O) groups excluding carboxylic acids is 1. The van der Waals surface area contributed by atoms with Crippen molar-refractivity contribution in [3.8, 4) is 0 Å². The molecule has 0 fully saturated rings. The number of hydrogen-bond acceptors (Lipinski definition) is 2. The average Bonchev–Trinajstić information content (AvgIpc) is 2.41. The van der Waals surface area contributed by atoms with Gasteiger partial charge in [0.15, 0.2) is 11.6 Å². The zero-order valence-corrected chi connectivity index (χ0v) is 11.7. The highest BCUT2D eigenvalue weighted by molar-refractivity contribution is 6.44. The van der Waals surface area contributed by atoms with Gasteiger partial charge in [0, 0.05) is 17.7 Å². The molecule has 0 heterocycles. The minimum Gasteiger partial charge on any atom is -0.397 e. The molecule has 8 heteroatoms. The summed E-state index contributed by atoms with van der Waals surface area (Å²) in [5.41, 5.74) is 5.08. The maximum absolute atomic E-state index is 13.4. The molecule has 2 aromatic rings. The molecule has 2 rings (SSSR count). The molecule has 0 aliphatic rings. The number of rotatable bonds is 2. The molecule has 0 spiro atoms. The van der Waals surface area contributed by atoms with Gasteiger partial charge in [-0.25, -0.2) is 13.2 Å². The van der Waals surface area contributed by atoms with E-state index in [2.05, 4.69) is 5.32 Å².